The number of nitrogens with two attached hydrogens (primary N) is 2. The third kappa shape index (κ3) is 5.88. The number of sulfonamides is 1. The molecule has 2 aromatic carbocycles. The molecule has 0 aliphatic heterocycles. The van der Waals surface area contributed by atoms with E-state index < -0.39 is 83.8 Å². The SMILES string of the molecule is NC(=O)C(c1cc(C(F)(F)F)ccc1Cl)c1cc(S(N)(=O)=O)c(-n2cc(C(F)(F)F)cn2)cc1C(F)(F)F. The molecule has 0 aliphatic rings. The number of nitrogens with zero attached hydrogens (tertiary/aromatic N) is 2. The number of halogens is 10. The molecule has 0 aliphatic carbocycles. The summed E-state index contributed by atoms with van der Waals surface area (Å²) in [4.78, 5) is 11.1. The number of alkyl halides is 9. The van der Waals surface area contributed by atoms with Gasteiger partial charge in [-0.1, -0.05) is 11.6 Å². The Balaban J connectivity index is 2.44. The summed E-state index contributed by atoms with van der Waals surface area (Å²) < 4.78 is 146. The number of carbonyl (C=O) groups excluding carboxylic acids is 1. The molecule has 18 heteroatoms. The van der Waals surface area contributed by atoms with E-state index in [4.69, 9.17) is 22.5 Å². The first-order valence-electron chi connectivity index (χ1n) is 9.68. The van der Waals surface area contributed by atoms with Gasteiger partial charge in [-0.25, -0.2) is 18.2 Å². The minimum Gasteiger partial charge on any atom is -0.369 e. The monoisotopic (exact) mass is 594 g/mol. The Morgan fingerprint density at radius 1 is 0.895 bits per heavy atom. The number of aromatic nitrogens is 2. The van der Waals surface area contributed by atoms with Gasteiger partial charge < -0.3 is 5.73 Å². The van der Waals surface area contributed by atoms with E-state index in [0.29, 0.717) is 12.1 Å². The summed E-state index contributed by atoms with van der Waals surface area (Å²) in [5.41, 5.74) is -2.71. The van der Waals surface area contributed by atoms with Crippen LogP contribution in [-0.2, 0) is 33.3 Å². The molecule has 0 spiro atoms. The molecule has 4 N–H and O–H groups in total. The molecular formula is C20H12ClF9N4O3S. The molecule has 38 heavy (non-hydrogen) atoms. The standard InChI is InChI=1S/C20H12ClF9N4O3S/c21-13-2-1-8(18(22,23)24)3-11(13)16(17(31)35)10-4-15(38(32,36)37)14(5-12(10)20(28,29)30)34-7-9(6-33-34)19(25,26)27/h1-7,16H,(H2,31,35)(H2,32,36,37). The predicted molar refractivity (Wildman–Crippen MR) is 112 cm³/mol. The van der Waals surface area contributed by atoms with E-state index in [1.165, 1.54) is 0 Å². The van der Waals surface area contributed by atoms with E-state index in [1.54, 1.807) is 0 Å². The van der Waals surface area contributed by atoms with Gasteiger partial charge in [-0.2, -0.15) is 44.6 Å². The lowest BCUT2D eigenvalue weighted by Gasteiger charge is -2.23. The lowest BCUT2D eigenvalue weighted by atomic mass is 9.86. The second-order valence-electron chi connectivity index (χ2n) is 7.69. The van der Waals surface area contributed by atoms with Gasteiger partial charge in [0.05, 0.1) is 34.5 Å². The topological polar surface area (TPSA) is 121 Å². The molecule has 0 saturated carbocycles. The van der Waals surface area contributed by atoms with Gasteiger partial charge in [-0.05, 0) is 41.5 Å². The maximum absolute atomic E-state index is 14.1. The highest BCUT2D eigenvalue weighted by Crippen LogP contribution is 2.43. The zero-order valence-corrected chi connectivity index (χ0v) is 19.7. The fourth-order valence-electron chi connectivity index (χ4n) is 3.49. The van der Waals surface area contributed by atoms with E-state index in [1.807, 2.05) is 0 Å². The molecule has 0 radical (unpaired) electrons. The second-order valence-corrected chi connectivity index (χ2v) is 9.63. The van der Waals surface area contributed by atoms with Crippen molar-refractivity contribution in [2.75, 3.05) is 0 Å². The molecule has 3 rings (SSSR count). The van der Waals surface area contributed by atoms with E-state index in [2.05, 4.69) is 5.10 Å². The van der Waals surface area contributed by atoms with Gasteiger partial charge in [0.1, 0.15) is 4.90 Å². The Morgan fingerprint density at radius 3 is 1.92 bits per heavy atom. The summed E-state index contributed by atoms with van der Waals surface area (Å²) in [5, 5.41) is 7.69. The van der Waals surface area contributed by atoms with Gasteiger partial charge in [0, 0.05) is 11.2 Å². The number of primary amides is 1. The third-order valence-corrected chi connectivity index (χ3v) is 6.41. The lowest BCUT2D eigenvalue weighted by Crippen LogP contribution is -2.27. The van der Waals surface area contributed by atoms with Crippen LogP contribution in [0.5, 0.6) is 0 Å². The maximum atomic E-state index is 14.1. The van der Waals surface area contributed by atoms with Crippen molar-refractivity contribution < 1.29 is 52.7 Å². The van der Waals surface area contributed by atoms with Crippen molar-refractivity contribution in [3.05, 3.63) is 75.6 Å². The number of hydrogen-bond acceptors (Lipinski definition) is 4. The molecule has 0 bridgehead atoms. The van der Waals surface area contributed by atoms with Crippen molar-refractivity contribution >= 4 is 27.5 Å². The molecule has 7 nitrogen and oxygen atoms in total. The van der Waals surface area contributed by atoms with E-state index in [9.17, 15) is 52.7 Å². The average Bonchev–Trinajstić information content (AvgIpc) is 3.23. The van der Waals surface area contributed by atoms with Crippen molar-refractivity contribution in [2.24, 2.45) is 10.9 Å². The van der Waals surface area contributed by atoms with Crippen LogP contribution in [0.3, 0.4) is 0 Å². The Labute approximate surface area is 211 Å². The fraction of sp³-hybridized carbons (Fsp3) is 0.200. The van der Waals surface area contributed by atoms with Gasteiger partial charge in [0.2, 0.25) is 15.9 Å². The molecular weight excluding hydrogens is 583 g/mol. The first-order chi connectivity index (χ1) is 17.1. The molecule has 1 unspecified atom stereocenters. The van der Waals surface area contributed by atoms with Gasteiger partial charge in [0.15, 0.2) is 0 Å². The van der Waals surface area contributed by atoms with Gasteiger partial charge >= 0.3 is 18.5 Å². The Bertz CT molecular complexity index is 1510. The number of amides is 1. The zero-order chi connectivity index (χ0) is 29.0. The van der Waals surface area contributed by atoms with Gasteiger partial charge in [0.25, 0.3) is 0 Å². The number of rotatable bonds is 5. The molecule has 1 amide bonds. The van der Waals surface area contributed by atoms with E-state index in [0.717, 1.165) is 0 Å². The lowest BCUT2D eigenvalue weighted by molar-refractivity contribution is -0.139. The minimum absolute atomic E-state index is 0.0275. The highest BCUT2D eigenvalue weighted by Gasteiger charge is 2.41. The molecule has 0 fully saturated rings. The van der Waals surface area contributed by atoms with Crippen LogP contribution in [0.1, 0.15) is 33.7 Å². The van der Waals surface area contributed by atoms with Crippen LogP contribution in [0.25, 0.3) is 5.69 Å². The highest BCUT2D eigenvalue weighted by molar-refractivity contribution is 7.89. The fourth-order valence-corrected chi connectivity index (χ4v) is 4.45. The van der Waals surface area contributed by atoms with Crippen LogP contribution < -0.4 is 10.9 Å². The first-order valence-corrected chi connectivity index (χ1v) is 11.6. The van der Waals surface area contributed by atoms with Crippen molar-refractivity contribution in [1.82, 2.24) is 9.78 Å². The van der Waals surface area contributed by atoms with Crippen LogP contribution in [-0.4, -0.2) is 24.1 Å². The van der Waals surface area contributed by atoms with Crippen LogP contribution in [0.2, 0.25) is 5.02 Å². The second kappa shape index (κ2) is 9.46. The molecule has 0 saturated heterocycles. The Kier molecular flexibility index (Phi) is 7.28. The number of benzene rings is 2. The third-order valence-electron chi connectivity index (χ3n) is 5.13. The highest BCUT2D eigenvalue weighted by atomic mass is 35.5. The minimum atomic E-state index is -5.44. The summed E-state index contributed by atoms with van der Waals surface area (Å²) in [5.74, 6) is -4.07. The first kappa shape index (κ1) is 29.2. The van der Waals surface area contributed by atoms with Crippen LogP contribution in [0, 0.1) is 0 Å². The van der Waals surface area contributed by atoms with Crippen LogP contribution in [0.4, 0.5) is 39.5 Å². The maximum Gasteiger partial charge on any atom is 0.419 e. The molecule has 206 valence electrons. The normalized spacial score (nSPS) is 14.0. The smallest absolute Gasteiger partial charge is 0.369 e. The number of carbonyl (C=O) groups is 1. The number of primary sulfonamides is 1. The van der Waals surface area contributed by atoms with E-state index in [-0.39, 0.29) is 35.3 Å². The Morgan fingerprint density at radius 2 is 1.47 bits per heavy atom. The Hall–Kier alpha value is -3.31. The van der Waals surface area contributed by atoms with Crippen molar-refractivity contribution in [3.8, 4) is 5.69 Å². The predicted octanol–water partition coefficient (Wildman–Crippen LogP) is 4.85. The van der Waals surface area contributed by atoms with Crippen molar-refractivity contribution in [1.29, 1.82) is 0 Å². The van der Waals surface area contributed by atoms with Crippen molar-refractivity contribution in [2.45, 2.75) is 29.3 Å². The van der Waals surface area contributed by atoms with Crippen LogP contribution in [0.15, 0.2) is 47.6 Å². The van der Waals surface area contributed by atoms with Gasteiger partial charge in [-0.15, -0.1) is 0 Å². The largest absolute Gasteiger partial charge is 0.419 e. The molecule has 3 aromatic rings. The summed E-state index contributed by atoms with van der Waals surface area (Å²) >= 11 is 5.88. The summed E-state index contributed by atoms with van der Waals surface area (Å²) in [6.45, 7) is 0. The van der Waals surface area contributed by atoms with Crippen molar-refractivity contribution in [3.63, 3.8) is 0 Å². The van der Waals surface area contributed by atoms with Gasteiger partial charge in [-0.3, -0.25) is 4.79 Å². The summed E-state index contributed by atoms with van der Waals surface area (Å²) in [6.07, 6.45) is -15.1. The summed E-state index contributed by atoms with van der Waals surface area (Å²) in [7, 11) is -5.05. The van der Waals surface area contributed by atoms with E-state index >= 15 is 0 Å². The zero-order valence-electron chi connectivity index (χ0n) is 18.1. The quantitative estimate of drug-likeness (QED) is 0.410. The molecule has 1 heterocycles. The summed E-state index contributed by atoms with van der Waals surface area (Å²) in [6, 6.07) is 1.57. The average molecular weight is 595 g/mol. The van der Waals surface area contributed by atoms with Crippen LogP contribution >= 0.6 is 11.6 Å². The molecule has 1 aromatic heterocycles. The molecule has 1 atom stereocenters. The number of hydrogen-bond donors (Lipinski definition) is 2.